The molecule has 164 valence electrons. The minimum Gasteiger partial charge on any atom is -0.380 e. The van der Waals surface area contributed by atoms with Gasteiger partial charge in [-0.3, -0.25) is 9.89 Å². The number of hydrogen-bond donors (Lipinski definition) is 2. The van der Waals surface area contributed by atoms with Crippen LogP contribution in [0, 0.1) is 0 Å². The normalized spacial score (nSPS) is 19.8. The molecule has 1 aliphatic rings. The van der Waals surface area contributed by atoms with Gasteiger partial charge in [0.05, 0.1) is 6.61 Å². The molecular formula is C24H35IN4O. The molecule has 2 unspecified atom stereocenters. The summed E-state index contributed by atoms with van der Waals surface area (Å²) in [5.41, 5.74) is 3.84. The van der Waals surface area contributed by atoms with Crippen molar-refractivity contribution in [2.24, 2.45) is 4.99 Å². The average Bonchev–Trinajstić information content (AvgIpc) is 2.75. The molecule has 6 heteroatoms. The van der Waals surface area contributed by atoms with Gasteiger partial charge >= 0.3 is 0 Å². The van der Waals surface area contributed by atoms with Crippen LogP contribution in [0.4, 0.5) is 0 Å². The molecule has 0 aliphatic carbocycles. The van der Waals surface area contributed by atoms with E-state index in [0.29, 0.717) is 18.7 Å². The second-order valence-electron chi connectivity index (χ2n) is 7.80. The second-order valence-corrected chi connectivity index (χ2v) is 7.80. The molecule has 3 rings (SSSR count). The molecule has 0 aromatic heterocycles. The number of guanidine groups is 1. The van der Waals surface area contributed by atoms with Gasteiger partial charge in [0.25, 0.3) is 0 Å². The van der Waals surface area contributed by atoms with Gasteiger partial charge in [0.1, 0.15) is 0 Å². The zero-order chi connectivity index (χ0) is 20.5. The molecule has 0 bridgehead atoms. The lowest BCUT2D eigenvalue weighted by atomic mass is 9.97. The van der Waals surface area contributed by atoms with Gasteiger partial charge in [-0.2, -0.15) is 0 Å². The minimum absolute atomic E-state index is 0. The van der Waals surface area contributed by atoms with Crippen LogP contribution in [0.2, 0.25) is 0 Å². The summed E-state index contributed by atoms with van der Waals surface area (Å²) in [6.45, 7) is 5.82. The van der Waals surface area contributed by atoms with Crippen LogP contribution in [0.15, 0.2) is 59.6 Å². The number of hydrogen-bond acceptors (Lipinski definition) is 3. The number of piperidine rings is 1. The fraction of sp³-hybridized carbons (Fsp3) is 0.458. The predicted molar refractivity (Wildman–Crippen MR) is 135 cm³/mol. The third kappa shape index (κ3) is 7.25. The number of benzene rings is 2. The van der Waals surface area contributed by atoms with E-state index in [-0.39, 0.29) is 24.0 Å². The Hall–Kier alpha value is -1.64. The lowest BCUT2D eigenvalue weighted by Crippen LogP contribution is -2.51. The molecule has 5 nitrogen and oxygen atoms in total. The maximum absolute atomic E-state index is 5.31. The van der Waals surface area contributed by atoms with E-state index < -0.39 is 0 Å². The van der Waals surface area contributed by atoms with Crippen molar-refractivity contribution in [2.75, 3.05) is 20.7 Å². The van der Waals surface area contributed by atoms with Crippen molar-refractivity contribution in [1.29, 1.82) is 0 Å². The number of rotatable bonds is 7. The molecular weight excluding hydrogens is 487 g/mol. The van der Waals surface area contributed by atoms with Crippen LogP contribution in [0.3, 0.4) is 0 Å². The average molecular weight is 522 g/mol. The molecule has 30 heavy (non-hydrogen) atoms. The van der Waals surface area contributed by atoms with Crippen molar-refractivity contribution < 1.29 is 4.74 Å². The van der Waals surface area contributed by atoms with Crippen molar-refractivity contribution >= 4 is 29.9 Å². The fourth-order valence-corrected chi connectivity index (χ4v) is 4.00. The molecule has 2 aromatic carbocycles. The van der Waals surface area contributed by atoms with Gasteiger partial charge in [-0.05, 0) is 36.5 Å². The molecule has 0 amide bonds. The largest absolute Gasteiger partial charge is 0.380 e. The summed E-state index contributed by atoms with van der Waals surface area (Å²) >= 11 is 0. The molecule has 2 atom stereocenters. The highest BCUT2D eigenvalue weighted by Crippen LogP contribution is 2.20. The van der Waals surface area contributed by atoms with Crippen LogP contribution in [0.25, 0.3) is 0 Å². The zero-order valence-electron chi connectivity index (χ0n) is 18.3. The number of aliphatic imine (C=N–C) groups is 1. The van der Waals surface area contributed by atoms with Crippen LogP contribution in [0.5, 0.6) is 0 Å². The number of halogens is 1. The molecule has 1 aliphatic heterocycles. The molecule has 1 heterocycles. The van der Waals surface area contributed by atoms with E-state index in [4.69, 9.17) is 4.74 Å². The third-order valence-electron chi connectivity index (χ3n) is 5.67. The van der Waals surface area contributed by atoms with Gasteiger partial charge in [-0.15, -0.1) is 24.0 Å². The van der Waals surface area contributed by atoms with Crippen molar-refractivity contribution in [2.45, 2.75) is 51.5 Å². The summed E-state index contributed by atoms with van der Waals surface area (Å²) in [6.07, 6.45) is 2.24. The molecule has 0 radical (unpaired) electrons. The van der Waals surface area contributed by atoms with E-state index in [1.807, 2.05) is 7.05 Å². The van der Waals surface area contributed by atoms with E-state index in [9.17, 15) is 0 Å². The van der Waals surface area contributed by atoms with E-state index in [0.717, 1.165) is 38.4 Å². The topological polar surface area (TPSA) is 48.9 Å². The number of nitrogens with zero attached hydrogens (tertiary/aromatic N) is 2. The predicted octanol–water partition coefficient (Wildman–Crippen LogP) is 4.17. The Kier molecular flexibility index (Phi) is 10.6. The third-order valence-corrected chi connectivity index (χ3v) is 5.67. The van der Waals surface area contributed by atoms with Crippen LogP contribution in [-0.4, -0.2) is 43.6 Å². The van der Waals surface area contributed by atoms with Crippen molar-refractivity contribution in [3.8, 4) is 0 Å². The highest BCUT2D eigenvalue weighted by atomic mass is 127. The van der Waals surface area contributed by atoms with Crippen LogP contribution in [-0.2, 0) is 24.4 Å². The van der Waals surface area contributed by atoms with E-state index in [1.54, 1.807) is 7.11 Å². The van der Waals surface area contributed by atoms with Gasteiger partial charge in [0, 0.05) is 45.9 Å². The maximum Gasteiger partial charge on any atom is 0.191 e. The van der Waals surface area contributed by atoms with Crippen molar-refractivity contribution in [3.05, 3.63) is 71.3 Å². The first-order valence-corrected chi connectivity index (χ1v) is 10.5. The molecule has 1 saturated heterocycles. The minimum atomic E-state index is 0. The lowest BCUT2D eigenvalue weighted by molar-refractivity contribution is 0.134. The Labute approximate surface area is 198 Å². The Morgan fingerprint density at radius 1 is 1.10 bits per heavy atom. The Morgan fingerprint density at radius 2 is 1.80 bits per heavy atom. The van der Waals surface area contributed by atoms with Crippen molar-refractivity contribution in [3.63, 3.8) is 0 Å². The number of nitrogens with one attached hydrogen (secondary N) is 2. The molecule has 0 spiro atoms. The molecule has 1 fully saturated rings. The SMILES string of the molecule is CN=C(NCc1ccccc1COC)NC1CCN(Cc2ccccc2)C(C)C1.I. The first kappa shape index (κ1) is 24.6. The highest BCUT2D eigenvalue weighted by molar-refractivity contribution is 14.0. The quantitative estimate of drug-likeness (QED) is 0.326. The Bertz CT molecular complexity index is 784. The van der Waals surface area contributed by atoms with E-state index in [1.165, 1.54) is 16.7 Å². The van der Waals surface area contributed by atoms with Gasteiger partial charge in [-0.25, -0.2) is 0 Å². The van der Waals surface area contributed by atoms with Gasteiger partial charge in [0.2, 0.25) is 0 Å². The summed E-state index contributed by atoms with van der Waals surface area (Å²) in [6, 6.07) is 20.1. The van der Waals surface area contributed by atoms with Crippen LogP contribution in [0.1, 0.15) is 36.5 Å². The highest BCUT2D eigenvalue weighted by Gasteiger charge is 2.25. The van der Waals surface area contributed by atoms with E-state index in [2.05, 4.69) is 82.0 Å². The number of methoxy groups -OCH3 is 1. The number of ether oxygens (including phenoxy) is 1. The first-order chi connectivity index (χ1) is 14.2. The molecule has 2 N–H and O–H groups in total. The zero-order valence-corrected chi connectivity index (χ0v) is 20.6. The summed E-state index contributed by atoms with van der Waals surface area (Å²) in [5.74, 6) is 0.867. The van der Waals surface area contributed by atoms with Gasteiger partial charge < -0.3 is 15.4 Å². The maximum atomic E-state index is 5.31. The van der Waals surface area contributed by atoms with Crippen LogP contribution < -0.4 is 10.6 Å². The summed E-state index contributed by atoms with van der Waals surface area (Å²) in [4.78, 5) is 7.01. The monoisotopic (exact) mass is 522 g/mol. The van der Waals surface area contributed by atoms with E-state index >= 15 is 0 Å². The van der Waals surface area contributed by atoms with Gasteiger partial charge in [0.15, 0.2) is 5.96 Å². The van der Waals surface area contributed by atoms with Crippen molar-refractivity contribution in [1.82, 2.24) is 15.5 Å². The molecule has 2 aromatic rings. The first-order valence-electron chi connectivity index (χ1n) is 10.5. The lowest BCUT2D eigenvalue weighted by Gasteiger charge is -2.38. The Morgan fingerprint density at radius 3 is 2.47 bits per heavy atom. The Balaban J connectivity index is 0.00000320. The standard InChI is InChI=1S/C24H34N4O.HI/c1-19-15-23(13-14-28(19)17-20-9-5-4-6-10-20)27-24(25-2)26-16-21-11-7-8-12-22(21)18-29-3;/h4-12,19,23H,13-18H2,1-3H3,(H2,25,26,27);1H. The number of likely N-dealkylation sites (tertiary alicyclic amines) is 1. The summed E-state index contributed by atoms with van der Waals surface area (Å²) in [5, 5.41) is 7.09. The second kappa shape index (κ2) is 12.9. The summed E-state index contributed by atoms with van der Waals surface area (Å²) < 4.78 is 5.31. The molecule has 0 saturated carbocycles. The smallest absolute Gasteiger partial charge is 0.191 e. The fourth-order valence-electron chi connectivity index (χ4n) is 4.00. The van der Waals surface area contributed by atoms with Crippen LogP contribution >= 0.6 is 24.0 Å². The van der Waals surface area contributed by atoms with Gasteiger partial charge in [-0.1, -0.05) is 54.6 Å². The summed E-state index contributed by atoms with van der Waals surface area (Å²) in [7, 11) is 3.57.